The molecule has 3 heterocycles. The highest BCUT2D eigenvalue weighted by molar-refractivity contribution is 7.22. The van der Waals surface area contributed by atoms with E-state index in [1.165, 1.54) is 39.3 Å². The van der Waals surface area contributed by atoms with E-state index in [1.54, 1.807) is 0 Å². The van der Waals surface area contributed by atoms with Crippen LogP contribution in [-0.4, -0.2) is 55.3 Å². The maximum absolute atomic E-state index is 5.50. The van der Waals surface area contributed by atoms with Gasteiger partial charge in [-0.3, -0.25) is 4.90 Å². The summed E-state index contributed by atoms with van der Waals surface area (Å²) in [6, 6.07) is 5.09. The fourth-order valence-corrected chi connectivity index (χ4v) is 4.78. The zero-order valence-corrected chi connectivity index (χ0v) is 14.9. The van der Waals surface area contributed by atoms with Gasteiger partial charge in [-0.1, -0.05) is 17.4 Å². The van der Waals surface area contributed by atoms with Gasteiger partial charge in [0.2, 0.25) is 0 Å². The van der Waals surface area contributed by atoms with Crippen LogP contribution in [0.4, 0.5) is 5.13 Å². The van der Waals surface area contributed by atoms with Crippen molar-refractivity contribution in [1.29, 1.82) is 0 Å². The highest BCUT2D eigenvalue weighted by atomic mass is 32.1. The van der Waals surface area contributed by atoms with Crippen molar-refractivity contribution in [2.75, 3.05) is 44.3 Å². The van der Waals surface area contributed by atoms with Gasteiger partial charge in [0.15, 0.2) is 5.13 Å². The lowest BCUT2D eigenvalue weighted by molar-refractivity contribution is 0.0137. The monoisotopic (exact) mass is 331 g/mol. The lowest BCUT2D eigenvalue weighted by Crippen LogP contribution is -2.51. The van der Waals surface area contributed by atoms with Crippen molar-refractivity contribution in [2.24, 2.45) is 0 Å². The van der Waals surface area contributed by atoms with Crippen molar-refractivity contribution in [1.82, 2.24) is 9.88 Å². The molecule has 2 aliphatic heterocycles. The van der Waals surface area contributed by atoms with Crippen molar-refractivity contribution in [3.8, 4) is 0 Å². The predicted molar refractivity (Wildman–Crippen MR) is 96.7 cm³/mol. The van der Waals surface area contributed by atoms with Crippen LogP contribution < -0.4 is 4.90 Å². The average Bonchev–Trinajstić information content (AvgIpc) is 3.04. The second-order valence-electron chi connectivity index (χ2n) is 6.74. The molecule has 4 rings (SSSR count). The average molecular weight is 331 g/mol. The Morgan fingerprint density at radius 1 is 1.17 bits per heavy atom. The fraction of sp³-hybridized carbons (Fsp3) is 0.611. The molecule has 124 valence electrons. The third-order valence-electron chi connectivity index (χ3n) is 5.30. The Labute approximate surface area is 142 Å². The Hall–Kier alpha value is -1.17. The Kier molecular flexibility index (Phi) is 4.26. The van der Waals surface area contributed by atoms with E-state index in [2.05, 4.69) is 35.8 Å². The normalized spacial score (nSPS) is 23.6. The van der Waals surface area contributed by atoms with Crippen LogP contribution >= 0.6 is 11.3 Å². The standard InChI is InChI=1S/C18H25N3OS/c1-13-5-6-16-17(14(13)2)19-18(23-16)21-7-3-4-15(12-21)20-8-10-22-11-9-20/h5-6,15H,3-4,7-12H2,1-2H3. The van der Waals surface area contributed by atoms with Crippen LogP contribution in [0.2, 0.25) is 0 Å². The summed E-state index contributed by atoms with van der Waals surface area (Å²) in [6.45, 7) is 10.5. The molecule has 1 unspecified atom stereocenters. The van der Waals surface area contributed by atoms with E-state index in [1.807, 2.05) is 11.3 Å². The molecule has 1 atom stereocenters. The third kappa shape index (κ3) is 2.97. The van der Waals surface area contributed by atoms with Gasteiger partial charge in [0, 0.05) is 32.2 Å². The Bertz CT molecular complexity index is 693. The van der Waals surface area contributed by atoms with E-state index >= 15 is 0 Å². The molecule has 2 fully saturated rings. The van der Waals surface area contributed by atoms with Crippen LogP contribution in [-0.2, 0) is 4.74 Å². The molecule has 2 aromatic rings. The van der Waals surface area contributed by atoms with Crippen molar-refractivity contribution in [3.05, 3.63) is 23.3 Å². The summed E-state index contributed by atoms with van der Waals surface area (Å²) < 4.78 is 6.82. The molecular formula is C18H25N3OS. The lowest BCUT2D eigenvalue weighted by atomic mass is 10.0. The first-order valence-electron chi connectivity index (χ1n) is 8.66. The maximum Gasteiger partial charge on any atom is 0.186 e. The number of rotatable bonds is 2. The topological polar surface area (TPSA) is 28.6 Å². The summed E-state index contributed by atoms with van der Waals surface area (Å²) in [5.41, 5.74) is 3.85. The van der Waals surface area contributed by atoms with Gasteiger partial charge in [-0.25, -0.2) is 4.98 Å². The van der Waals surface area contributed by atoms with Gasteiger partial charge >= 0.3 is 0 Å². The molecule has 0 saturated carbocycles. The first kappa shape index (κ1) is 15.4. The smallest absolute Gasteiger partial charge is 0.186 e. The minimum absolute atomic E-state index is 0.655. The molecule has 0 radical (unpaired) electrons. The number of piperidine rings is 1. The largest absolute Gasteiger partial charge is 0.379 e. The van der Waals surface area contributed by atoms with E-state index in [0.717, 1.165) is 39.4 Å². The second kappa shape index (κ2) is 6.38. The summed E-state index contributed by atoms with van der Waals surface area (Å²) >= 11 is 1.85. The molecule has 1 aromatic heterocycles. The summed E-state index contributed by atoms with van der Waals surface area (Å²) in [5.74, 6) is 0. The first-order chi connectivity index (χ1) is 11.2. The molecule has 5 heteroatoms. The van der Waals surface area contributed by atoms with Gasteiger partial charge in [-0.15, -0.1) is 0 Å². The van der Waals surface area contributed by atoms with Crippen LogP contribution in [0.5, 0.6) is 0 Å². The van der Waals surface area contributed by atoms with Crippen LogP contribution in [0, 0.1) is 13.8 Å². The number of thiazole rings is 1. The number of morpholine rings is 1. The predicted octanol–water partition coefficient (Wildman–Crippen LogP) is 3.21. The highest BCUT2D eigenvalue weighted by Crippen LogP contribution is 2.33. The minimum atomic E-state index is 0.655. The van der Waals surface area contributed by atoms with Gasteiger partial charge in [-0.05, 0) is 43.9 Å². The highest BCUT2D eigenvalue weighted by Gasteiger charge is 2.28. The number of aryl methyl sites for hydroxylation is 2. The van der Waals surface area contributed by atoms with Crippen molar-refractivity contribution in [2.45, 2.75) is 32.7 Å². The van der Waals surface area contributed by atoms with E-state index < -0.39 is 0 Å². The SMILES string of the molecule is Cc1ccc2sc(N3CCCC(N4CCOCC4)C3)nc2c1C. The molecule has 0 N–H and O–H groups in total. The summed E-state index contributed by atoms with van der Waals surface area (Å²) in [5, 5.41) is 1.20. The van der Waals surface area contributed by atoms with Crippen LogP contribution in [0.15, 0.2) is 12.1 Å². The van der Waals surface area contributed by atoms with Crippen molar-refractivity contribution in [3.63, 3.8) is 0 Å². The first-order valence-corrected chi connectivity index (χ1v) is 9.47. The molecule has 2 aliphatic rings. The van der Waals surface area contributed by atoms with Crippen molar-refractivity contribution < 1.29 is 4.74 Å². The van der Waals surface area contributed by atoms with E-state index in [9.17, 15) is 0 Å². The number of anilines is 1. The van der Waals surface area contributed by atoms with E-state index in [0.29, 0.717) is 6.04 Å². The van der Waals surface area contributed by atoms with Gasteiger partial charge in [0.25, 0.3) is 0 Å². The van der Waals surface area contributed by atoms with Gasteiger partial charge in [0.1, 0.15) is 0 Å². The number of hydrogen-bond donors (Lipinski definition) is 0. The number of ether oxygens (including phenoxy) is 1. The molecule has 0 amide bonds. The van der Waals surface area contributed by atoms with Crippen LogP contribution in [0.25, 0.3) is 10.2 Å². The summed E-state index contributed by atoms with van der Waals surface area (Å²) in [6.07, 6.45) is 2.56. The Balaban J connectivity index is 1.56. The van der Waals surface area contributed by atoms with Gasteiger partial charge < -0.3 is 9.64 Å². The van der Waals surface area contributed by atoms with Gasteiger partial charge in [-0.2, -0.15) is 0 Å². The quantitative estimate of drug-likeness (QED) is 0.845. The molecule has 1 aromatic carbocycles. The molecule has 0 bridgehead atoms. The summed E-state index contributed by atoms with van der Waals surface area (Å²) in [4.78, 5) is 10.1. The molecule has 4 nitrogen and oxygen atoms in total. The van der Waals surface area contributed by atoms with E-state index in [-0.39, 0.29) is 0 Å². The third-order valence-corrected chi connectivity index (χ3v) is 6.38. The lowest BCUT2D eigenvalue weighted by Gasteiger charge is -2.40. The summed E-state index contributed by atoms with van der Waals surface area (Å²) in [7, 11) is 0. The molecule has 0 spiro atoms. The number of benzene rings is 1. The zero-order valence-electron chi connectivity index (χ0n) is 14.0. The maximum atomic E-state index is 5.50. The van der Waals surface area contributed by atoms with Crippen molar-refractivity contribution >= 4 is 26.7 Å². The molecule has 0 aliphatic carbocycles. The zero-order chi connectivity index (χ0) is 15.8. The molecule has 23 heavy (non-hydrogen) atoms. The minimum Gasteiger partial charge on any atom is -0.379 e. The van der Waals surface area contributed by atoms with E-state index in [4.69, 9.17) is 9.72 Å². The van der Waals surface area contributed by atoms with Gasteiger partial charge in [0.05, 0.1) is 23.4 Å². The molecular weight excluding hydrogens is 306 g/mol. The fourth-order valence-electron chi connectivity index (χ4n) is 3.72. The number of nitrogens with zero attached hydrogens (tertiary/aromatic N) is 3. The van der Waals surface area contributed by atoms with Crippen LogP contribution in [0.1, 0.15) is 24.0 Å². The number of aromatic nitrogens is 1. The van der Waals surface area contributed by atoms with Crippen LogP contribution in [0.3, 0.4) is 0 Å². The Morgan fingerprint density at radius 3 is 2.83 bits per heavy atom. The second-order valence-corrected chi connectivity index (χ2v) is 7.75. The Morgan fingerprint density at radius 2 is 2.00 bits per heavy atom. The number of hydrogen-bond acceptors (Lipinski definition) is 5. The molecule has 2 saturated heterocycles. The number of fused-ring (bicyclic) bond motifs is 1.